The summed E-state index contributed by atoms with van der Waals surface area (Å²) in [5, 5.41) is 6.55. The van der Waals surface area contributed by atoms with Crippen molar-refractivity contribution in [3.8, 4) is 0 Å². The van der Waals surface area contributed by atoms with Gasteiger partial charge in [-0.25, -0.2) is 0 Å². The first kappa shape index (κ1) is 11.4. The molecular weight excluding hydrogens is 256 g/mol. The molecule has 1 aliphatic heterocycles. The predicted molar refractivity (Wildman–Crippen MR) is 78.6 cm³/mol. The van der Waals surface area contributed by atoms with Crippen molar-refractivity contribution < 1.29 is 4.79 Å². The Morgan fingerprint density at radius 2 is 2.32 bits per heavy atom. The third-order valence-corrected chi connectivity index (χ3v) is 5.40. The molecule has 0 radical (unpaired) electrons. The number of fused-ring (bicyclic) bond motifs is 2. The van der Waals surface area contributed by atoms with Crippen LogP contribution in [-0.2, 0) is 4.79 Å². The highest BCUT2D eigenvalue weighted by atomic mass is 32.2. The molecule has 0 aromatic heterocycles. The maximum absolute atomic E-state index is 11.4. The monoisotopic (exact) mass is 272 g/mol. The number of carbonyl (C=O) groups excluding carboxylic acids is 1. The van der Waals surface area contributed by atoms with E-state index < -0.39 is 0 Å². The molecule has 1 amide bonds. The standard InChI is InChI=1S/C15H16N2OS/c18-15-8-19-14-5-4-10(7-13(14)17-15)16-12-6-9-2-1-3-11(9)12/h1,3-5,7,9,11-12,16H,2,6,8H2,(H,17,18). The Morgan fingerprint density at radius 1 is 1.37 bits per heavy atom. The van der Waals surface area contributed by atoms with Crippen molar-refractivity contribution in [2.45, 2.75) is 23.8 Å². The first-order valence-electron chi connectivity index (χ1n) is 6.79. The molecule has 0 spiro atoms. The zero-order valence-electron chi connectivity index (χ0n) is 10.6. The third-order valence-electron chi connectivity index (χ3n) is 4.33. The molecule has 4 rings (SSSR count). The number of rotatable bonds is 2. The Balaban J connectivity index is 1.51. The number of benzene rings is 1. The SMILES string of the molecule is O=C1CSc2ccc(NC3CC4CC=CC43)cc2N1. The van der Waals surface area contributed by atoms with Gasteiger partial charge in [0.05, 0.1) is 11.4 Å². The fraction of sp³-hybridized carbons (Fsp3) is 0.400. The summed E-state index contributed by atoms with van der Waals surface area (Å²) >= 11 is 1.61. The Bertz CT molecular complexity index is 569. The van der Waals surface area contributed by atoms with Gasteiger partial charge in [0.15, 0.2) is 0 Å². The first-order valence-corrected chi connectivity index (χ1v) is 7.78. The molecule has 3 nitrogen and oxygen atoms in total. The zero-order valence-corrected chi connectivity index (χ0v) is 11.4. The van der Waals surface area contributed by atoms with Gasteiger partial charge in [-0.2, -0.15) is 0 Å². The Morgan fingerprint density at radius 3 is 3.21 bits per heavy atom. The van der Waals surface area contributed by atoms with Crippen molar-refractivity contribution in [1.29, 1.82) is 0 Å². The van der Waals surface area contributed by atoms with E-state index in [1.54, 1.807) is 11.8 Å². The van der Waals surface area contributed by atoms with Crippen molar-refractivity contribution in [2.24, 2.45) is 11.8 Å². The number of nitrogens with one attached hydrogen (secondary N) is 2. The van der Waals surface area contributed by atoms with Crippen molar-refractivity contribution >= 4 is 29.0 Å². The van der Waals surface area contributed by atoms with Crippen LogP contribution in [0.3, 0.4) is 0 Å². The molecule has 3 atom stereocenters. The summed E-state index contributed by atoms with van der Waals surface area (Å²) < 4.78 is 0. The minimum absolute atomic E-state index is 0.0945. The van der Waals surface area contributed by atoms with E-state index in [1.165, 1.54) is 12.8 Å². The minimum Gasteiger partial charge on any atom is -0.382 e. The molecule has 2 N–H and O–H groups in total. The lowest BCUT2D eigenvalue weighted by Gasteiger charge is -2.41. The van der Waals surface area contributed by atoms with Crippen LogP contribution in [0.15, 0.2) is 35.2 Å². The van der Waals surface area contributed by atoms with Gasteiger partial charge in [0.25, 0.3) is 0 Å². The number of hydrogen-bond acceptors (Lipinski definition) is 3. The van der Waals surface area contributed by atoms with E-state index >= 15 is 0 Å². The average Bonchev–Trinajstić information content (AvgIpc) is 2.77. The number of hydrogen-bond donors (Lipinski definition) is 2. The molecule has 4 heteroatoms. The third kappa shape index (κ3) is 1.94. The van der Waals surface area contributed by atoms with E-state index in [4.69, 9.17) is 0 Å². The summed E-state index contributed by atoms with van der Waals surface area (Å²) in [4.78, 5) is 12.6. The topological polar surface area (TPSA) is 41.1 Å². The summed E-state index contributed by atoms with van der Waals surface area (Å²) in [7, 11) is 0. The van der Waals surface area contributed by atoms with Gasteiger partial charge in [-0.1, -0.05) is 12.2 Å². The summed E-state index contributed by atoms with van der Waals surface area (Å²) in [6, 6.07) is 6.84. The molecule has 1 aromatic carbocycles. The van der Waals surface area contributed by atoms with Gasteiger partial charge in [0.1, 0.15) is 0 Å². The van der Waals surface area contributed by atoms with Gasteiger partial charge in [-0.15, -0.1) is 11.8 Å². The number of carbonyl (C=O) groups is 1. The lowest BCUT2D eigenvalue weighted by atomic mass is 9.71. The highest BCUT2D eigenvalue weighted by Crippen LogP contribution is 2.44. The largest absolute Gasteiger partial charge is 0.382 e. The second kappa shape index (κ2) is 4.30. The number of amides is 1. The lowest BCUT2D eigenvalue weighted by Crippen LogP contribution is -2.43. The molecule has 19 heavy (non-hydrogen) atoms. The van der Waals surface area contributed by atoms with Crippen LogP contribution in [0, 0.1) is 11.8 Å². The maximum Gasteiger partial charge on any atom is 0.234 e. The second-order valence-corrected chi connectivity index (χ2v) is 6.55. The van der Waals surface area contributed by atoms with Crippen LogP contribution in [0.1, 0.15) is 12.8 Å². The summed E-state index contributed by atoms with van der Waals surface area (Å²) in [5.74, 6) is 2.19. The van der Waals surface area contributed by atoms with Crippen LogP contribution in [0.4, 0.5) is 11.4 Å². The van der Waals surface area contributed by atoms with Crippen molar-refractivity contribution in [1.82, 2.24) is 0 Å². The van der Waals surface area contributed by atoms with Gasteiger partial charge in [-0.05, 0) is 37.0 Å². The summed E-state index contributed by atoms with van der Waals surface area (Å²) in [6.45, 7) is 0. The normalized spacial score (nSPS) is 31.2. The zero-order chi connectivity index (χ0) is 12.8. The van der Waals surface area contributed by atoms with Gasteiger partial charge in [-0.3, -0.25) is 4.79 Å². The molecule has 0 bridgehead atoms. The molecule has 3 unspecified atom stereocenters. The van der Waals surface area contributed by atoms with E-state index in [2.05, 4.69) is 41.0 Å². The van der Waals surface area contributed by atoms with Crippen LogP contribution in [0.25, 0.3) is 0 Å². The van der Waals surface area contributed by atoms with Gasteiger partial charge >= 0.3 is 0 Å². The molecule has 3 aliphatic rings. The maximum atomic E-state index is 11.4. The molecule has 98 valence electrons. The van der Waals surface area contributed by atoms with E-state index in [1.807, 2.05) is 0 Å². The summed E-state index contributed by atoms with van der Waals surface area (Å²) in [5.41, 5.74) is 2.06. The van der Waals surface area contributed by atoms with Crippen LogP contribution in [0.2, 0.25) is 0 Å². The first-order chi connectivity index (χ1) is 9.29. The number of thioether (sulfide) groups is 1. The molecule has 1 saturated carbocycles. The van der Waals surface area contributed by atoms with Crippen LogP contribution in [0.5, 0.6) is 0 Å². The molecule has 2 aliphatic carbocycles. The summed E-state index contributed by atoms with van der Waals surface area (Å²) in [6.07, 6.45) is 7.16. The van der Waals surface area contributed by atoms with Crippen molar-refractivity contribution in [2.75, 3.05) is 16.4 Å². The van der Waals surface area contributed by atoms with Gasteiger partial charge < -0.3 is 10.6 Å². The lowest BCUT2D eigenvalue weighted by molar-refractivity contribution is -0.113. The smallest absolute Gasteiger partial charge is 0.234 e. The van der Waals surface area contributed by atoms with Gasteiger partial charge in [0.2, 0.25) is 5.91 Å². The van der Waals surface area contributed by atoms with E-state index in [0.29, 0.717) is 17.7 Å². The van der Waals surface area contributed by atoms with E-state index in [0.717, 1.165) is 22.2 Å². The highest BCUT2D eigenvalue weighted by molar-refractivity contribution is 8.00. The predicted octanol–water partition coefficient (Wildman–Crippen LogP) is 3.11. The van der Waals surface area contributed by atoms with Crippen LogP contribution < -0.4 is 10.6 Å². The molecule has 1 heterocycles. The fourth-order valence-electron chi connectivity index (χ4n) is 3.27. The molecular formula is C15H16N2OS. The van der Waals surface area contributed by atoms with Gasteiger partial charge in [0, 0.05) is 22.5 Å². The van der Waals surface area contributed by atoms with E-state index in [9.17, 15) is 4.79 Å². The number of allylic oxidation sites excluding steroid dienone is 1. The van der Waals surface area contributed by atoms with Crippen molar-refractivity contribution in [3.63, 3.8) is 0 Å². The number of anilines is 2. The van der Waals surface area contributed by atoms with E-state index in [-0.39, 0.29) is 5.91 Å². The molecule has 1 aromatic rings. The Labute approximate surface area is 116 Å². The van der Waals surface area contributed by atoms with Crippen molar-refractivity contribution in [3.05, 3.63) is 30.4 Å². The second-order valence-electron chi connectivity index (χ2n) is 5.54. The average molecular weight is 272 g/mol. The Hall–Kier alpha value is -1.42. The highest BCUT2D eigenvalue weighted by Gasteiger charge is 2.40. The van der Waals surface area contributed by atoms with Crippen LogP contribution >= 0.6 is 11.8 Å². The fourth-order valence-corrected chi connectivity index (χ4v) is 4.06. The quantitative estimate of drug-likeness (QED) is 0.813. The Kier molecular flexibility index (Phi) is 2.58. The molecule has 1 fully saturated rings. The molecule has 0 saturated heterocycles. The van der Waals surface area contributed by atoms with Crippen LogP contribution in [-0.4, -0.2) is 17.7 Å². The minimum atomic E-state index is 0.0945.